The zero-order valence-electron chi connectivity index (χ0n) is 15.3. The lowest BCUT2D eigenvalue weighted by molar-refractivity contribution is -0.384. The smallest absolute Gasteiger partial charge is 0.270 e. The highest BCUT2D eigenvalue weighted by Gasteiger charge is 2.18. The molecule has 5 aromatic rings. The average Bonchev–Trinajstić information content (AvgIpc) is 3.42. The van der Waals surface area contributed by atoms with Gasteiger partial charge in [0.25, 0.3) is 5.69 Å². The number of thiazole rings is 2. The van der Waals surface area contributed by atoms with Gasteiger partial charge in [0, 0.05) is 28.6 Å². The maximum atomic E-state index is 11.1. The van der Waals surface area contributed by atoms with Gasteiger partial charge in [-0.05, 0) is 22.9 Å². The van der Waals surface area contributed by atoms with Crippen LogP contribution in [0, 0.1) is 15.6 Å². The summed E-state index contributed by atoms with van der Waals surface area (Å²) < 4.78 is 0. The molecule has 0 fully saturated rings. The molecule has 30 heavy (non-hydrogen) atoms. The fourth-order valence-corrected chi connectivity index (χ4v) is 4.96. The van der Waals surface area contributed by atoms with Crippen molar-refractivity contribution in [3.63, 3.8) is 0 Å². The van der Waals surface area contributed by atoms with Crippen molar-refractivity contribution in [2.45, 2.75) is 0 Å². The first-order chi connectivity index (χ1) is 14.6. The van der Waals surface area contributed by atoms with Gasteiger partial charge in [-0.25, -0.2) is 9.97 Å². The molecule has 0 unspecified atom stereocenters. The number of nitro groups is 1. The number of fused-ring (bicyclic) bond motifs is 1. The second-order valence-electron chi connectivity index (χ2n) is 6.54. The average molecular weight is 430 g/mol. The van der Waals surface area contributed by atoms with Crippen molar-refractivity contribution >= 4 is 39.1 Å². The molecule has 8 heteroatoms. The first-order valence-electron chi connectivity index (χ1n) is 8.90. The van der Waals surface area contributed by atoms with Gasteiger partial charge in [-0.3, -0.25) is 10.1 Å². The van der Waals surface area contributed by atoms with E-state index in [0.29, 0.717) is 11.3 Å². The molecule has 0 saturated heterocycles. The van der Waals surface area contributed by atoms with Gasteiger partial charge in [0.05, 0.1) is 21.2 Å². The van der Waals surface area contributed by atoms with Gasteiger partial charge in [0.1, 0.15) is 10.8 Å². The van der Waals surface area contributed by atoms with Crippen molar-refractivity contribution in [2.24, 2.45) is 0 Å². The Morgan fingerprint density at radius 1 is 1.07 bits per heavy atom. The molecule has 1 N–H and O–H groups in total. The Hall–Kier alpha value is -3.62. The van der Waals surface area contributed by atoms with Crippen LogP contribution in [0.2, 0.25) is 0 Å². The van der Waals surface area contributed by atoms with Gasteiger partial charge in [-0.15, -0.1) is 22.7 Å². The third-order valence-electron chi connectivity index (χ3n) is 4.69. The number of nitro benzene ring substituents is 1. The Labute approximate surface area is 178 Å². The van der Waals surface area contributed by atoms with Gasteiger partial charge in [-0.2, -0.15) is 0 Å². The van der Waals surface area contributed by atoms with Crippen LogP contribution in [0.1, 0.15) is 0 Å². The van der Waals surface area contributed by atoms with Crippen LogP contribution >= 0.6 is 22.7 Å². The van der Waals surface area contributed by atoms with Crippen LogP contribution in [-0.2, 0) is 0 Å². The molecule has 0 saturated carbocycles. The molecule has 0 aliphatic rings. The topological polar surface area (TPSA) is 89.2 Å². The first kappa shape index (κ1) is 18.4. The van der Waals surface area contributed by atoms with E-state index in [1.165, 1.54) is 34.8 Å². The molecule has 1 radical (unpaired) electrons. The number of rotatable bonds is 4. The number of phenolic OH excluding ortho intramolecular Hbond substituents is 1. The Morgan fingerprint density at radius 3 is 2.80 bits per heavy atom. The summed E-state index contributed by atoms with van der Waals surface area (Å²) in [5.74, 6) is 0.214. The predicted molar refractivity (Wildman–Crippen MR) is 119 cm³/mol. The maximum absolute atomic E-state index is 11.1. The third-order valence-corrected chi connectivity index (χ3v) is 6.45. The van der Waals surface area contributed by atoms with E-state index >= 15 is 0 Å². The molecular weight excluding hydrogens is 418 g/mol. The van der Waals surface area contributed by atoms with Gasteiger partial charge >= 0.3 is 0 Å². The highest BCUT2D eigenvalue weighted by molar-refractivity contribution is 7.20. The molecule has 0 atom stereocenters. The number of phenols is 1. The number of non-ortho nitro benzene ring substituents is 1. The van der Waals surface area contributed by atoms with Crippen LogP contribution in [0.3, 0.4) is 0 Å². The van der Waals surface area contributed by atoms with Crippen molar-refractivity contribution in [1.29, 1.82) is 0 Å². The highest BCUT2D eigenvalue weighted by atomic mass is 32.1. The molecule has 0 aliphatic heterocycles. The van der Waals surface area contributed by atoms with E-state index in [1.807, 2.05) is 35.7 Å². The monoisotopic (exact) mass is 430 g/mol. The largest absolute Gasteiger partial charge is 0.508 e. The molecule has 3 aromatic carbocycles. The van der Waals surface area contributed by atoms with Crippen molar-refractivity contribution in [3.05, 3.63) is 81.7 Å². The molecular formula is C22H12N3O3S2. The zero-order valence-corrected chi connectivity index (χ0v) is 16.9. The van der Waals surface area contributed by atoms with Crippen molar-refractivity contribution in [2.75, 3.05) is 0 Å². The van der Waals surface area contributed by atoms with E-state index in [9.17, 15) is 15.2 Å². The Morgan fingerprint density at radius 2 is 1.93 bits per heavy atom. The minimum absolute atomic E-state index is 0.0351. The maximum Gasteiger partial charge on any atom is 0.270 e. The minimum atomic E-state index is -0.411. The number of benzene rings is 3. The second kappa shape index (κ2) is 7.33. The molecule has 2 heterocycles. The second-order valence-corrected chi connectivity index (χ2v) is 8.19. The molecule has 0 amide bonds. The minimum Gasteiger partial charge on any atom is -0.508 e. The van der Waals surface area contributed by atoms with E-state index in [2.05, 4.69) is 10.5 Å². The van der Waals surface area contributed by atoms with E-state index in [0.717, 1.165) is 31.9 Å². The molecule has 0 spiro atoms. The van der Waals surface area contributed by atoms with Crippen LogP contribution in [0.4, 0.5) is 5.69 Å². The summed E-state index contributed by atoms with van der Waals surface area (Å²) in [5, 5.41) is 25.4. The number of nitrogens with zero attached hydrogens (tertiary/aromatic N) is 3. The normalized spacial score (nSPS) is 11.1. The zero-order chi connectivity index (χ0) is 20.7. The van der Waals surface area contributed by atoms with E-state index in [-0.39, 0.29) is 11.4 Å². The van der Waals surface area contributed by atoms with Crippen molar-refractivity contribution < 1.29 is 10.0 Å². The van der Waals surface area contributed by atoms with Gasteiger partial charge < -0.3 is 5.11 Å². The lowest BCUT2D eigenvalue weighted by Gasteiger charge is -2.06. The summed E-state index contributed by atoms with van der Waals surface area (Å²) in [5.41, 5.74) is 6.09. The molecule has 5 rings (SSSR count). The highest BCUT2D eigenvalue weighted by Crippen LogP contribution is 2.40. The fraction of sp³-hybridized carbons (Fsp3) is 0. The van der Waals surface area contributed by atoms with Gasteiger partial charge in [0.15, 0.2) is 5.51 Å². The summed E-state index contributed by atoms with van der Waals surface area (Å²) in [6, 6.07) is 17.6. The predicted octanol–water partition coefficient (Wildman–Crippen LogP) is 6.17. The number of hydrogen-bond acceptors (Lipinski definition) is 7. The number of aromatic nitrogens is 2. The molecule has 0 aliphatic carbocycles. The summed E-state index contributed by atoms with van der Waals surface area (Å²) in [6.45, 7) is 0. The summed E-state index contributed by atoms with van der Waals surface area (Å²) in [4.78, 5) is 20.7. The Bertz CT molecular complexity index is 1410. The van der Waals surface area contributed by atoms with Crippen molar-refractivity contribution in [3.8, 4) is 38.1 Å². The summed E-state index contributed by atoms with van der Waals surface area (Å²) in [7, 11) is 0. The van der Waals surface area contributed by atoms with Crippen LogP contribution in [0.5, 0.6) is 5.75 Å². The SMILES string of the molecule is O=[N+]([O-])c1cccc(-c2csc(-c3s[c]nc3-c3cccc4cc(O)ccc34)n2)c1. The van der Waals surface area contributed by atoms with Crippen LogP contribution in [-0.4, -0.2) is 20.0 Å². The number of aromatic hydroxyl groups is 1. The molecule has 6 nitrogen and oxygen atoms in total. The van der Waals surface area contributed by atoms with E-state index in [4.69, 9.17) is 4.98 Å². The fourth-order valence-electron chi connectivity index (χ4n) is 3.31. The number of hydrogen-bond donors (Lipinski definition) is 1. The van der Waals surface area contributed by atoms with Crippen LogP contribution < -0.4 is 0 Å². The lowest BCUT2D eigenvalue weighted by atomic mass is 10.0. The molecule has 0 bridgehead atoms. The Balaban J connectivity index is 1.59. The van der Waals surface area contributed by atoms with Crippen LogP contribution in [0.15, 0.2) is 66.0 Å². The standard InChI is InChI=1S/C22H12N3O3S2/c26-16-7-8-17-13(10-16)3-2-6-18(17)20-21(30-12-23-20)22-24-19(11-29-22)14-4-1-5-15(9-14)25(27)28/h1-11,26H. The van der Waals surface area contributed by atoms with Gasteiger partial charge in [0.2, 0.25) is 0 Å². The summed E-state index contributed by atoms with van der Waals surface area (Å²) >= 11 is 2.84. The Kier molecular flexibility index (Phi) is 4.50. The molecule has 2 aromatic heterocycles. The van der Waals surface area contributed by atoms with E-state index < -0.39 is 4.92 Å². The van der Waals surface area contributed by atoms with E-state index in [1.54, 1.807) is 18.2 Å². The molecule has 145 valence electrons. The summed E-state index contributed by atoms with van der Waals surface area (Å²) in [6.07, 6.45) is 0. The van der Waals surface area contributed by atoms with Gasteiger partial charge in [-0.1, -0.05) is 36.4 Å². The third kappa shape index (κ3) is 3.22. The quantitative estimate of drug-likeness (QED) is 0.272. The van der Waals surface area contributed by atoms with Crippen molar-refractivity contribution in [1.82, 2.24) is 9.97 Å². The van der Waals surface area contributed by atoms with Crippen LogP contribution in [0.25, 0.3) is 43.2 Å². The lowest BCUT2D eigenvalue weighted by Crippen LogP contribution is -1.88. The first-order valence-corrected chi connectivity index (χ1v) is 10.6.